The predicted molar refractivity (Wildman–Crippen MR) is 163 cm³/mol. The number of hydrogen-bond acceptors (Lipinski definition) is 2. The lowest BCUT2D eigenvalue weighted by atomic mass is 9.81. The van der Waals surface area contributed by atoms with Crippen LogP contribution < -0.4 is 0 Å². The van der Waals surface area contributed by atoms with E-state index in [1.165, 1.54) is 48.9 Å². The molecule has 3 aliphatic rings. The molecule has 1 amide bonds. The second-order valence-electron chi connectivity index (χ2n) is 12.4. The Morgan fingerprint density at radius 2 is 1.78 bits per heavy atom. The number of carbonyl (C=O) groups excluding carboxylic acids is 1. The summed E-state index contributed by atoms with van der Waals surface area (Å²) in [6.45, 7) is 3.97. The van der Waals surface area contributed by atoms with Crippen molar-refractivity contribution in [1.82, 2.24) is 14.7 Å². The van der Waals surface area contributed by atoms with Crippen molar-refractivity contribution in [2.45, 2.75) is 51.9 Å². The average molecular weight is 548 g/mol. The molecule has 41 heavy (non-hydrogen) atoms. The lowest BCUT2D eigenvalue weighted by Gasteiger charge is -2.35. The van der Waals surface area contributed by atoms with Gasteiger partial charge < -0.3 is 4.90 Å². The molecule has 210 valence electrons. The summed E-state index contributed by atoms with van der Waals surface area (Å²) in [5, 5.41) is 5.56. The van der Waals surface area contributed by atoms with E-state index in [1.807, 2.05) is 36.2 Å². The van der Waals surface area contributed by atoms with Crippen molar-refractivity contribution in [1.29, 1.82) is 0 Å². The van der Waals surface area contributed by atoms with Gasteiger partial charge in [0.25, 0.3) is 5.91 Å². The Morgan fingerprint density at radius 1 is 1.00 bits per heavy atom. The van der Waals surface area contributed by atoms with Crippen molar-refractivity contribution in [2.24, 2.45) is 24.8 Å². The summed E-state index contributed by atoms with van der Waals surface area (Å²) in [4.78, 5) is 15.8. The van der Waals surface area contributed by atoms with E-state index in [9.17, 15) is 9.18 Å². The maximum Gasteiger partial charge on any atom is 0.256 e. The average Bonchev–Trinajstić information content (AvgIpc) is 3.93. The molecule has 1 atom stereocenters. The molecule has 4 nitrogen and oxygen atoms in total. The van der Waals surface area contributed by atoms with Gasteiger partial charge in [0.15, 0.2) is 0 Å². The van der Waals surface area contributed by atoms with Crippen LogP contribution in [-0.2, 0) is 13.5 Å². The van der Waals surface area contributed by atoms with E-state index < -0.39 is 0 Å². The van der Waals surface area contributed by atoms with Crippen LogP contribution >= 0.6 is 0 Å². The van der Waals surface area contributed by atoms with Gasteiger partial charge in [-0.3, -0.25) is 9.48 Å². The lowest BCUT2D eigenvalue weighted by molar-refractivity contribution is 0.0661. The fourth-order valence-corrected chi connectivity index (χ4v) is 7.09. The number of halogens is 1. The number of hydrogen-bond donors (Lipinski definition) is 0. The largest absolute Gasteiger partial charge is 0.339 e. The molecule has 1 unspecified atom stereocenters. The van der Waals surface area contributed by atoms with Crippen LogP contribution in [0.1, 0.15) is 66.9 Å². The minimum atomic E-state index is -0.294. The van der Waals surface area contributed by atoms with Crippen LogP contribution in [0.2, 0.25) is 0 Å². The SMILES string of the molecule is CC(CCc1ccccc1C1=C(C2CC2)C1)C1CCN(C(=O)c2cccc3c(-c4cccc(F)c4)nn(C)c23)CC1. The number of amides is 1. The summed E-state index contributed by atoms with van der Waals surface area (Å²) in [5.41, 5.74) is 9.28. The van der Waals surface area contributed by atoms with Crippen molar-refractivity contribution in [3.63, 3.8) is 0 Å². The quantitative estimate of drug-likeness (QED) is 0.224. The third-order valence-electron chi connectivity index (χ3n) is 9.74. The minimum absolute atomic E-state index is 0.0635. The molecule has 2 aliphatic carbocycles. The van der Waals surface area contributed by atoms with Gasteiger partial charge in [-0.15, -0.1) is 0 Å². The summed E-state index contributed by atoms with van der Waals surface area (Å²) >= 11 is 0. The fraction of sp³-hybridized carbons (Fsp3) is 0.389. The van der Waals surface area contributed by atoms with E-state index >= 15 is 0 Å². The summed E-state index contributed by atoms with van der Waals surface area (Å²) in [7, 11) is 1.86. The summed E-state index contributed by atoms with van der Waals surface area (Å²) in [6.07, 6.45) is 8.44. The molecule has 3 aromatic carbocycles. The molecule has 0 bridgehead atoms. The molecule has 0 N–H and O–H groups in total. The van der Waals surface area contributed by atoms with Gasteiger partial charge in [-0.1, -0.05) is 61.0 Å². The molecular formula is C36H38FN3O. The third kappa shape index (κ3) is 5.11. The van der Waals surface area contributed by atoms with Gasteiger partial charge in [0.05, 0.1) is 11.1 Å². The first-order valence-corrected chi connectivity index (χ1v) is 15.3. The van der Waals surface area contributed by atoms with Crippen LogP contribution in [0.5, 0.6) is 0 Å². The van der Waals surface area contributed by atoms with Crippen molar-refractivity contribution in [3.8, 4) is 11.3 Å². The molecule has 2 heterocycles. The van der Waals surface area contributed by atoms with Crippen LogP contribution in [0.25, 0.3) is 27.7 Å². The molecule has 5 heteroatoms. The van der Waals surface area contributed by atoms with Crippen molar-refractivity contribution >= 4 is 22.4 Å². The van der Waals surface area contributed by atoms with Gasteiger partial charge in [0.2, 0.25) is 0 Å². The Balaban J connectivity index is 1.01. The highest BCUT2D eigenvalue weighted by molar-refractivity contribution is 6.08. The second-order valence-corrected chi connectivity index (χ2v) is 12.4. The number of allylic oxidation sites excluding steroid dienone is 2. The molecular weight excluding hydrogens is 509 g/mol. The Labute approximate surface area is 241 Å². The topological polar surface area (TPSA) is 38.1 Å². The third-order valence-corrected chi connectivity index (χ3v) is 9.74. The first kappa shape index (κ1) is 26.2. The highest BCUT2D eigenvalue weighted by atomic mass is 19.1. The number of likely N-dealkylation sites (tertiary alicyclic amines) is 1. The number of para-hydroxylation sites is 1. The number of fused-ring (bicyclic) bond motifs is 1. The Bertz CT molecular complexity index is 1650. The lowest BCUT2D eigenvalue weighted by Crippen LogP contribution is -2.40. The van der Waals surface area contributed by atoms with E-state index in [0.717, 1.165) is 54.7 Å². The molecule has 7 rings (SSSR count). The number of rotatable bonds is 8. The monoisotopic (exact) mass is 547 g/mol. The van der Waals surface area contributed by atoms with Crippen molar-refractivity contribution in [2.75, 3.05) is 13.1 Å². The summed E-state index contributed by atoms with van der Waals surface area (Å²) < 4.78 is 15.7. The van der Waals surface area contributed by atoms with Gasteiger partial charge >= 0.3 is 0 Å². The standard InChI is InChI=1S/C36H38FN3O/c1-23(13-14-25-7-3-4-10-29(25)33-22-32(33)26-15-16-26)24-17-19-40(20-18-24)36(41)31-12-6-11-30-34(38-39(2)35(30)31)27-8-5-9-28(37)21-27/h3-12,21,23-24,26H,13-20,22H2,1-2H3. The zero-order valence-corrected chi connectivity index (χ0v) is 24.1. The Hall–Kier alpha value is -3.73. The molecule has 0 radical (unpaired) electrons. The smallest absolute Gasteiger partial charge is 0.256 e. The first-order valence-electron chi connectivity index (χ1n) is 15.3. The highest BCUT2D eigenvalue weighted by Gasteiger charge is 2.37. The molecule has 1 aromatic heterocycles. The van der Waals surface area contributed by atoms with Crippen LogP contribution in [0.15, 0.2) is 72.3 Å². The number of aryl methyl sites for hydroxylation is 2. The van der Waals surface area contributed by atoms with Gasteiger partial charge in [-0.2, -0.15) is 5.10 Å². The number of carbonyl (C=O) groups is 1. The van der Waals surface area contributed by atoms with E-state index in [2.05, 4.69) is 36.3 Å². The maximum absolute atomic E-state index is 13.9. The van der Waals surface area contributed by atoms with Gasteiger partial charge in [-0.25, -0.2) is 4.39 Å². The highest BCUT2D eigenvalue weighted by Crippen LogP contribution is 2.54. The van der Waals surface area contributed by atoms with Crippen molar-refractivity contribution < 1.29 is 9.18 Å². The second kappa shape index (κ2) is 10.6. The summed E-state index contributed by atoms with van der Waals surface area (Å²) in [6, 6.07) is 21.3. The molecule has 4 aromatic rings. The zero-order chi connectivity index (χ0) is 28.1. The maximum atomic E-state index is 13.9. The molecule has 2 fully saturated rings. The number of nitrogens with zero attached hydrogens (tertiary/aromatic N) is 3. The molecule has 1 saturated heterocycles. The van der Waals surface area contributed by atoms with Gasteiger partial charge in [0, 0.05) is 31.1 Å². The summed E-state index contributed by atoms with van der Waals surface area (Å²) in [5.74, 6) is 1.93. The van der Waals surface area contributed by atoms with Gasteiger partial charge in [-0.05, 0) is 97.6 Å². The molecule has 1 aliphatic heterocycles. The molecule has 0 spiro atoms. The van der Waals surface area contributed by atoms with Crippen LogP contribution in [0, 0.1) is 23.6 Å². The molecule has 1 saturated carbocycles. The number of piperidine rings is 1. The van der Waals surface area contributed by atoms with E-state index in [1.54, 1.807) is 21.9 Å². The zero-order valence-electron chi connectivity index (χ0n) is 24.1. The van der Waals surface area contributed by atoms with Crippen LogP contribution in [0.3, 0.4) is 0 Å². The van der Waals surface area contributed by atoms with E-state index in [-0.39, 0.29) is 11.7 Å². The number of aromatic nitrogens is 2. The number of benzene rings is 3. The Morgan fingerprint density at radius 3 is 2.56 bits per heavy atom. The van der Waals surface area contributed by atoms with Crippen molar-refractivity contribution in [3.05, 3.63) is 94.8 Å². The first-order chi connectivity index (χ1) is 20.0. The van der Waals surface area contributed by atoms with E-state index in [0.29, 0.717) is 23.1 Å². The predicted octanol–water partition coefficient (Wildman–Crippen LogP) is 8.07. The Kier molecular flexibility index (Phi) is 6.76. The van der Waals surface area contributed by atoms with E-state index in [4.69, 9.17) is 0 Å². The fourth-order valence-electron chi connectivity index (χ4n) is 7.09. The minimum Gasteiger partial charge on any atom is -0.339 e. The van der Waals surface area contributed by atoms with Crippen LogP contribution in [-0.4, -0.2) is 33.7 Å². The van der Waals surface area contributed by atoms with Crippen LogP contribution in [0.4, 0.5) is 4.39 Å². The van der Waals surface area contributed by atoms with Gasteiger partial charge in [0.1, 0.15) is 11.5 Å². The normalized spacial score (nSPS) is 18.3.